The van der Waals surface area contributed by atoms with E-state index >= 15 is 0 Å². The lowest BCUT2D eigenvalue weighted by molar-refractivity contribution is -0.852. The van der Waals surface area contributed by atoms with Gasteiger partial charge in [-0.25, -0.2) is 8.79 Å². The Balaban J connectivity index is 1.94. The number of carboxylic acid groups (broad SMARTS) is 2. The van der Waals surface area contributed by atoms with Crippen LogP contribution < -0.4 is 4.74 Å². The molecule has 0 aromatic heterocycles. The molecule has 1 unspecified atom stereocenters. The average Bonchev–Trinajstić information content (AvgIpc) is 3.00. The molecule has 1 heterocycles. The molecule has 0 aliphatic carbocycles. The molecule has 2 N–H and O–H groups in total. The topological polar surface area (TPSA) is 87.1 Å². The van der Waals surface area contributed by atoms with Gasteiger partial charge < -0.3 is 27.8 Å². The SMILES string of the molecule is CC1(C)Cc2cccc(C[N+]([S-])(C(=O)O)N(Cc3ccc(C(C)(C)C)cc3)C(=O)O)c2O1. The highest BCUT2D eigenvalue weighted by molar-refractivity contribution is 7.52. The van der Waals surface area contributed by atoms with E-state index < -0.39 is 21.8 Å². The Hall–Kier alpha value is -2.71. The lowest BCUT2D eigenvalue weighted by Crippen LogP contribution is -2.60. The van der Waals surface area contributed by atoms with Gasteiger partial charge in [-0.15, -0.1) is 0 Å². The minimum Gasteiger partial charge on any atom is -0.487 e. The maximum Gasteiger partial charge on any atom is 0.520 e. The van der Waals surface area contributed by atoms with Gasteiger partial charge in [0.2, 0.25) is 0 Å². The third kappa shape index (κ3) is 4.86. The second-order valence-electron chi connectivity index (χ2n) is 9.87. The van der Waals surface area contributed by atoms with Crippen molar-refractivity contribution >= 4 is 25.0 Å². The lowest BCUT2D eigenvalue weighted by atomic mass is 9.87. The minimum atomic E-state index is -1.44. The van der Waals surface area contributed by atoms with Crippen LogP contribution in [0.25, 0.3) is 0 Å². The zero-order chi connectivity index (χ0) is 23.9. The summed E-state index contributed by atoms with van der Waals surface area (Å²) in [5.41, 5.74) is 2.81. The minimum absolute atomic E-state index is 0.0502. The van der Waals surface area contributed by atoms with E-state index in [-0.39, 0.29) is 18.5 Å². The molecular formula is C24H30N2O5S. The highest BCUT2D eigenvalue weighted by Crippen LogP contribution is 2.39. The van der Waals surface area contributed by atoms with Crippen molar-refractivity contribution in [2.75, 3.05) is 0 Å². The molecule has 2 amide bonds. The third-order valence-electron chi connectivity index (χ3n) is 5.62. The summed E-state index contributed by atoms with van der Waals surface area (Å²) >= 11 is 5.45. The van der Waals surface area contributed by atoms with Crippen LogP contribution in [0.3, 0.4) is 0 Å². The molecule has 0 fully saturated rings. The summed E-state index contributed by atoms with van der Waals surface area (Å²) in [5.74, 6) is 0.589. The standard InChI is InChI=1S/C24H30N2O5S/c1-23(2,3)19-11-9-16(10-12-19)14-25(21(27)28)26(32,22(29)30)15-18-8-6-7-17-13-24(4,5)31-20(17)18/h6-12H,13-15H2,1-5H3,(H,27,28)(H,29,30). The van der Waals surface area contributed by atoms with Crippen LogP contribution in [0.2, 0.25) is 0 Å². The third-order valence-corrected chi connectivity index (χ3v) is 6.10. The first kappa shape index (κ1) is 23.9. The van der Waals surface area contributed by atoms with Crippen LogP contribution in [-0.4, -0.2) is 37.0 Å². The van der Waals surface area contributed by atoms with Gasteiger partial charge >= 0.3 is 12.2 Å². The number of rotatable bonds is 4. The summed E-state index contributed by atoms with van der Waals surface area (Å²) in [6, 6.07) is 13.0. The number of amides is 2. The Morgan fingerprint density at radius 1 is 1.12 bits per heavy atom. The van der Waals surface area contributed by atoms with Gasteiger partial charge in [-0.05, 0) is 42.0 Å². The lowest BCUT2D eigenvalue weighted by Gasteiger charge is -2.44. The summed E-state index contributed by atoms with van der Waals surface area (Å²) in [6.45, 7) is 9.77. The molecule has 1 atom stereocenters. The molecule has 1 aliphatic rings. The Morgan fingerprint density at radius 2 is 1.75 bits per heavy atom. The molecule has 8 heteroatoms. The zero-order valence-electron chi connectivity index (χ0n) is 19.1. The van der Waals surface area contributed by atoms with E-state index in [4.69, 9.17) is 17.6 Å². The Kier molecular flexibility index (Phi) is 6.23. The number of fused-ring (bicyclic) bond motifs is 1. The fourth-order valence-corrected chi connectivity index (χ4v) is 4.16. The molecule has 3 rings (SSSR count). The van der Waals surface area contributed by atoms with Crippen molar-refractivity contribution in [1.82, 2.24) is 5.01 Å². The molecule has 172 valence electrons. The molecule has 0 saturated carbocycles. The molecule has 0 radical (unpaired) electrons. The zero-order valence-corrected chi connectivity index (χ0v) is 19.9. The van der Waals surface area contributed by atoms with Crippen LogP contribution >= 0.6 is 0 Å². The fraction of sp³-hybridized carbons (Fsp3) is 0.417. The van der Waals surface area contributed by atoms with E-state index in [0.29, 0.717) is 23.3 Å². The van der Waals surface area contributed by atoms with Gasteiger partial charge in [-0.1, -0.05) is 57.2 Å². The molecule has 0 spiro atoms. The number of nitrogens with zero attached hydrogens (tertiary/aromatic N) is 2. The maximum absolute atomic E-state index is 12.3. The van der Waals surface area contributed by atoms with Crippen molar-refractivity contribution in [2.24, 2.45) is 0 Å². The number of ether oxygens (including phenoxy) is 1. The second kappa shape index (κ2) is 8.33. The van der Waals surface area contributed by atoms with E-state index in [0.717, 1.165) is 16.1 Å². The second-order valence-corrected chi connectivity index (χ2v) is 10.5. The molecule has 2 aromatic rings. The number of hydrogen-bond donors (Lipinski definition) is 2. The first-order valence-electron chi connectivity index (χ1n) is 10.5. The summed E-state index contributed by atoms with van der Waals surface area (Å²) in [6.07, 6.45) is -2.16. The van der Waals surface area contributed by atoms with Crippen molar-refractivity contribution in [3.8, 4) is 5.75 Å². The maximum atomic E-state index is 12.3. The first-order valence-corrected chi connectivity index (χ1v) is 10.8. The smallest absolute Gasteiger partial charge is 0.487 e. The van der Waals surface area contributed by atoms with Crippen LogP contribution in [0.4, 0.5) is 9.59 Å². The summed E-state index contributed by atoms with van der Waals surface area (Å²) < 4.78 is 4.79. The monoisotopic (exact) mass is 458 g/mol. The number of para-hydroxylation sites is 1. The molecule has 2 aromatic carbocycles. The predicted molar refractivity (Wildman–Crippen MR) is 123 cm³/mol. The molecule has 0 bridgehead atoms. The van der Waals surface area contributed by atoms with Gasteiger partial charge in [0.15, 0.2) is 0 Å². The largest absolute Gasteiger partial charge is 0.520 e. The van der Waals surface area contributed by atoms with Crippen LogP contribution in [0.5, 0.6) is 5.75 Å². The van der Waals surface area contributed by atoms with Crippen LogP contribution in [0.1, 0.15) is 56.9 Å². The normalized spacial score (nSPS) is 16.6. The highest BCUT2D eigenvalue weighted by Gasteiger charge is 2.40. The van der Waals surface area contributed by atoms with E-state index in [1.165, 1.54) is 0 Å². The Labute approximate surface area is 194 Å². The molecular weight excluding hydrogens is 428 g/mol. The van der Waals surface area contributed by atoms with E-state index in [9.17, 15) is 19.8 Å². The fourth-order valence-electron chi connectivity index (χ4n) is 3.89. The van der Waals surface area contributed by atoms with Crippen molar-refractivity contribution < 1.29 is 28.5 Å². The Bertz CT molecular complexity index is 1030. The highest BCUT2D eigenvalue weighted by atomic mass is 32.1. The van der Waals surface area contributed by atoms with Crippen molar-refractivity contribution in [1.29, 1.82) is 0 Å². The molecule has 1 aliphatic heterocycles. The van der Waals surface area contributed by atoms with Gasteiger partial charge in [-0.2, -0.15) is 9.80 Å². The summed E-state index contributed by atoms with van der Waals surface area (Å²) in [4.78, 5) is 24.5. The molecule has 7 nitrogen and oxygen atoms in total. The number of carbonyl (C=O) groups is 2. The van der Waals surface area contributed by atoms with E-state index in [1.807, 2.05) is 50.2 Å². The Morgan fingerprint density at radius 3 is 2.28 bits per heavy atom. The van der Waals surface area contributed by atoms with E-state index in [2.05, 4.69) is 20.8 Å². The number of quaternary nitrogens is 1. The summed E-state index contributed by atoms with van der Waals surface area (Å²) in [7, 11) is 0. The quantitative estimate of drug-likeness (QED) is 0.370. The van der Waals surface area contributed by atoms with Crippen LogP contribution in [0.15, 0.2) is 42.5 Å². The van der Waals surface area contributed by atoms with Crippen LogP contribution in [0, 0.1) is 0 Å². The van der Waals surface area contributed by atoms with Gasteiger partial charge in [0, 0.05) is 6.42 Å². The molecule has 0 saturated heterocycles. The van der Waals surface area contributed by atoms with Crippen molar-refractivity contribution in [2.45, 2.75) is 65.1 Å². The first-order chi connectivity index (χ1) is 14.7. The van der Waals surface area contributed by atoms with Gasteiger partial charge in [-0.3, -0.25) is 0 Å². The van der Waals surface area contributed by atoms with Gasteiger partial charge in [0.25, 0.3) is 0 Å². The van der Waals surface area contributed by atoms with Crippen LogP contribution in [-0.2, 0) is 37.7 Å². The number of hydrogen-bond acceptors (Lipinski definition) is 4. The van der Waals surface area contributed by atoms with Gasteiger partial charge in [0.1, 0.15) is 17.9 Å². The molecule has 32 heavy (non-hydrogen) atoms. The van der Waals surface area contributed by atoms with Crippen molar-refractivity contribution in [3.63, 3.8) is 0 Å². The van der Waals surface area contributed by atoms with Gasteiger partial charge in [0.05, 0.1) is 12.1 Å². The number of benzene rings is 2. The predicted octanol–water partition coefficient (Wildman–Crippen LogP) is 5.25. The summed E-state index contributed by atoms with van der Waals surface area (Å²) in [5, 5.41) is 20.7. The van der Waals surface area contributed by atoms with Crippen molar-refractivity contribution in [3.05, 3.63) is 64.7 Å². The van der Waals surface area contributed by atoms with E-state index in [1.54, 1.807) is 6.07 Å². The average molecular weight is 459 g/mol.